The molecule has 3 heterocycles. The first kappa shape index (κ1) is 22.6. The minimum atomic E-state index is -0.209. The van der Waals surface area contributed by atoms with Gasteiger partial charge in [-0.1, -0.05) is 23.4 Å². The van der Waals surface area contributed by atoms with Gasteiger partial charge in [-0.25, -0.2) is 4.98 Å². The Balaban J connectivity index is 1.53. The van der Waals surface area contributed by atoms with Gasteiger partial charge in [-0.3, -0.25) is 19.0 Å². The van der Waals surface area contributed by atoms with E-state index in [1.165, 1.54) is 16.3 Å². The zero-order valence-corrected chi connectivity index (χ0v) is 19.2. The molecule has 0 aliphatic carbocycles. The number of hydrogen-bond donors (Lipinski definition) is 1. The topological polar surface area (TPSA) is 97.3 Å². The van der Waals surface area contributed by atoms with Gasteiger partial charge in [0.1, 0.15) is 5.69 Å². The number of halogens is 1. The average molecular weight is 475 g/mol. The van der Waals surface area contributed by atoms with Crippen molar-refractivity contribution in [2.24, 2.45) is 0 Å². The summed E-state index contributed by atoms with van der Waals surface area (Å²) in [5, 5.41) is 1.35. The lowest BCUT2D eigenvalue weighted by molar-refractivity contribution is 0.0787. The summed E-state index contributed by atoms with van der Waals surface area (Å²) in [6, 6.07) is 6.52. The van der Waals surface area contributed by atoms with Gasteiger partial charge in [0, 0.05) is 37.0 Å². The van der Waals surface area contributed by atoms with Crippen LogP contribution in [-0.2, 0) is 11.3 Å². The first-order valence-corrected chi connectivity index (χ1v) is 11.7. The Labute approximate surface area is 193 Å². The molecule has 0 spiro atoms. The van der Waals surface area contributed by atoms with E-state index in [0.717, 1.165) is 25.9 Å². The number of thioether (sulfide) groups is 1. The fourth-order valence-electron chi connectivity index (χ4n) is 3.65. The number of hydrogen-bond acceptors (Lipinski definition) is 6. The summed E-state index contributed by atoms with van der Waals surface area (Å²) in [7, 11) is 1.56. The number of rotatable bonds is 8. The highest BCUT2D eigenvalue weighted by Gasteiger charge is 2.22. The SMILES string of the molecule is COCCn1c(SCC(=O)c2c[nH]c(C(=O)N3CCCC3)c2)nc2cc(Cl)ccc2c1=O. The quantitative estimate of drug-likeness (QED) is 0.306. The summed E-state index contributed by atoms with van der Waals surface area (Å²) in [5.74, 6) is -0.179. The number of aromatic nitrogens is 3. The molecule has 0 unspecified atom stereocenters. The Morgan fingerprint density at radius 3 is 2.78 bits per heavy atom. The van der Waals surface area contributed by atoms with E-state index in [0.29, 0.717) is 45.5 Å². The minimum absolute atomic E-state index is 0.0701. The van der Waals surface area contributed by atoms with Crippen LogP contribution in [0.4, 0.5) is 0 Å². The molecule has 8 nitrogen and oxygen atoms in total. The van der Waals surface area contributed by atoms with E-state index in [2.05, 4.69) is 9.97 Å². The molecule has 32 heavy (non-hydrogen) atoms. The van der Waals surface area contributed by atoms with Crippen molar-refractivity contribution in [1.29, 1.82) is 0 Å². The summed E-state index contributed by atoms with van der Waals surface area (Å²) >= 11 is 7.24. The van der Waals surface area contributed by atoms with E-state index < -0.39 is 0 Å². The second-order valence-electron chi connectivity index (χ2n) is 7.52. The fraction of sp³-hybridized carbons (Fsp3) is 0.364. The van der Waals surface area contributed by atoms with Gasteiger partial charge in [-0.15, -0.1) is 0 Å². The number of fused-ring (bicyclic) bond motifs is 1. The number of methoxy groups -OCH3 is 1. The molecule has 3 aromatic rings. The molecular weight excluding hydrogens is 452 g/mol. The number of ketones is 1. The molecule has 1 N–H and O–H groups in total. The minimum Gasteiger partial charge on any atom is -0.383 e. The number of nitrogens with one attached hydrogen (secondary N) is 1. The maximum atomic E-state index is 13.0. The summed E-state index contributed by atoms with van der Waals surface area (Å²) in [4.78, 5) is 47.5. The van der Waals surface area contributed by atoms with Crippen LogP contribution in [0.2, 0.25) is 5.02 Å². The summed E-state index contributed by atoms with van der Waals surface area (Å²) in [5.41, 5.74) is 1.11. The third-order valence-corrected chi connectivity index (χ3v) is 6.57. The highest BCUT2D eigenvalue weighted by atomic mass is 35.5. The first-order valence-electron chi connectivity index (χ1n) is 10.3. The maximum absolute atomic E-state index is 13.0. The van der Waals surface area contributed by atoms with Crippen molar-refractivity contribution < 1.29 is 14.3 Å². The van der Waals surface area contributed by atoms with Crippen LogP contribution < -0.4 is 5.56 Å². The number of carbonyl (C=O) groups excluding carboxylic acids is 2. The molecule has 0 radical (unpaired) electrons. The molecule has 1 amide bonds. The smallest absolute Gasteiger partial charge is 0.270 e. The summed E-state index contributed by atoms with van der Waals surface area (Å²) in [6.45, 7) is 2.14. The number of carbonyl (C=O) groups is 2. The zero-order chi connectivity index (χ0) is 22.7. The van der Waals surface area contributed by atoms with Crippen molar-refractivity contribution >= 4 is 46.0 Å². The van der Waals surface area contributed by atoms with E-state index >= 15 is 0 Å². The van der Waals surface area contributed by atoms with Gasteiger partial charge in [-0.2, -0.15) is 0 Å². The van der Waals surface area contributed by atoms with E-state index in [9.17, 15) is 14.4 Å². The van der Waals surface area contributed by atoms with Crippen molar-refractivity contribution in [3.8, 4) is 0 Å². The van der Waals surface area contributed by atoms with Crippen LogP contribution in [-0.4, -0.2) is 63.7 Å². The number of amides is 1. The van der Waals surface area contributed by atoms with E-state index in [-0.39, 0.29) is 23.0 Å². The third kappa shape index (κ3) is 4.74. The largest absolute Gasteiger partial charge is 0.383 e. The Morgan fingerprint density at radius 1 is 1.25 bits per heavy atom. The van der Waals surface area contributed by atoms with Crippen molar-refractivity contribution in [3.63, 3.8) is 0 Å². The van der Waals surface area contributed by atoms with Crippen LogP contribution in [0, 0.1) is 0 Å². The fourth-order valence-corrected chi connectivity index (χ4v) is 4.73. The average Bonchev–Trinajstić information content (AvgIpc) is 3.49. The van der Waals surface area contributed by atoms with Gasteiger partial charge >= 0.3 is 0 Å². The molecule has 0 bridgehead atoms. The lowest BCUT2D eigenvalue weighted by Crippen LogP contribution is -2.27. The number of benzene rings is 1. The van der Waals surface area contributed by atoms with Crippen molar-refractivity contribution in [1.82, 2.24) is 19.4 Å². The Bertz CT molecular complexity index is 1220. The number of ether oxygens (including phenoxy) is 1. The molecular formula is C22H23ClN4O4S. The predicted octanol–water partition coefficient (Wildman–Crippen LogP) is 3.24. The van der Waals surface area contributed by atoms with Crippen LogP contribution >= 0.6 is 23.4 Å². The van der Waals surface area contributed by atoms with Crippen LogP contribution in [0.1, 0.15) is 33.7 Å². The van der Waals surface area contributed by atoms with E-state index in [4.69, 9.17) is 16.3 Å². The second kappa shape index (κ2) is 9.89. The third-order valence-electron chi connectivity index (χ3n) is 5.36. The molecule has 1 fully saturated rings. The lowest BCUT2D eigenvalue weighted by atomic mass is 10.2. The number of likely N-dealkylation sites (tertiary alicyclic amines) is 1. The van der Waals surface area contributed by atoms with Gasteiger partial charge in [0.2, 0.25) is 0 Å². The Morgan fingerprint density at radius 2 is 2.03 bits per heavy atom. The van der Waals surface area contributed by atoms with Crippen molar-refractivity contribution in [2.75, 3.05) is 32.6 Å². The molecule has 1 aliphatic heterocycles. The molecule has 4 rings (SSSR count). The maximum Gasteiger partial charge on any atom is 0.270 e. The Hall–Kier alpha value is -2.62. The monoisotopic (exact) mass is 474 g/mol. The number of aromatic amines is 1. The van der Waals surface area contributed by atoms with Crippen molar-refractivity contribution in [3.05, 3.63) is 57.1 Å². The van der Waals surface area contributed by atoms with Gasteiger partial charge < -0.3 is 14.6 Å². The predicted molar refractivity (Wildman–Crippen MR) is 124 cm³/mol. The van der Waals surface area contributed by atoms with Crippen LogP contribution in [0.15, 0.2) is 40.4 Å². The second-order valence-corrected chi connectivity index (χ2v) is 8.90. The molecule has 10 heteroatoms. The molecule has 2 aromatic heterocycles. The molecule has 168 valence electrons. The highest BCUT2D eigenvalue weighted by molar-refractivity contribution is 7.99. The standard InChI is InChI=1S/C22H23ClN4O4S/c1-31-9-8-27-20(29)16-5-4-15(23)11-17(16)25-22(27)32-13-19(28)14-10-18(24-12-14)21(30)26-6-2-3-7-26/h4-5,10-12,24H,2-3,6-9,13H2,1H3. The number of H-pyrrole nitrogens is 1. The summed E-state index contributed by atoms with van der Waals surface area (Å²) < 4.78 is 6.64. The van der Waals surface area contributed by atoms with Gasteiger partial charge in [-0.05, 0) is 37.1 Å². The molecule has 0 saturated carbocycles. The highest BCUT2D eigenvalue weighted by Crippen LogP contribution is 2.22. The van der Waals surface area contributed by atoms with Crippen molar-refractivity contribution in [2.45, 2.75) is 24.5 Å². The van der Waals surface area contributed by atoms with Gasteiger partial charge in [0.15, 0.2) is 10.9 Å². The summed E-state index contributed by atoms with van der Waals surface area (Å²) in [6.07, 6.45) is 3.56. The molecule has 0 atom stereocenters. The lowest BCUT2D eigenvalue weighted by Gasteiger charge is -2.13. The van der Waals surface area contributed by atoms with Gasteiger partial charge in [0.25, 0.3) is 11.5 Å². The van der Waals surface area contributed by atoms with E-state index in [1.54, 1.807) is 42.5 Å². The van der Waals surface area contributed by atoms with Crippen LogP contribution in [0.5, 0.6) is 0 Å². The Kier molecular flexibility index (Phi) is 6.98. The molecule has 1 aromatic carbocycles. The van der Waals surface area contributed by atoms with Crippen LogP contribution in [0.3, 0.4) is 0 Å². The molecule has 1 aliphatic rings. The number of nitrogens with zero attached hydrogens (tertiary/aromatic N) is 3. The van der Waals surface area contributed by atoms with E-state index in [1.807, 2.05) is 0 Å². The normalized spacial score (nSPS) is 13.8. The first-order chi connectivity index (χ1) is 15.5. The van der Waals surface area contributed by atoms with Gasteiger partial charge in [0.05, 0.1) is 29.8 Å². The van der Waals surface area contributed by atoms with Crippen LogP contribution in [0.25, 0.3) is 10.9 Å². The molecule has 1 saturated heterocycles. The number of Topliss-reactive ketones (excluding diaryl/α,β-unsaturated/α-hetero) is 1. The zero-order valence-electron chi connectivity index (χ0n) is 17.6.